The molecule has 3 heterocycles. The second-order valence-electron chi connectivity index (χ2n) is 9.55. The van der Waals surface area contributed by atoms with Crippen LogP contribution in [0.1, 0.15) is 36.2 Å². The van der Waals surface area contributed by atoms with Gasteiger partial charge in [-0.25, -0.2) is 9.48 Å². The minimum Gasteiger partial charge on any atom is -0.481 e. The molecule has 1 aromatic carbocycles. The minimum absolute atomic E-state index is 0.0868. The zero-order chi connectivity index (χ0) is 28.6. The van der Waals surface area contributed by atoms with Crippen LogP contribution in [0.25, 0.3) is 5.69 Å². The molecule has 2 aliphatic rings. The Morgan fingerprint density at radius 3 is 2.17 bits per heavy atom. The number of para-hydroxylation sites is 1. The molecule has 4 amide bonds. The van der Waals surface area contributed by atoms with Crippen LogP contribution in [0.5, 0.6) is 5.88 Å². The van der Waals surface area contributed by atoms with Crippen molar-refractivity contribution in [3.63, 3.8) is 0 Å². The first-order chi connectivity index (χ1) is 19.2. The van der Waals surface area contributed by atoms with E-state index in [9.17, 15) is 29.1 Å². The quantitative estimate of drug-likeness (QED) is 0.380. The molecule has 0 radical (unpaired) electrons. The van der Waals surface area contributed by atoms with E-state index in [4.69, 9.17) is 9.84 Å². The Bertz CT molecular complexity index is 1240. The van der Waals surface area contributed by atoms with E-state index < -0.39 is 29.9 Å². The Kier molecular flexibility index (Phi) is 9.19. The zero-order valence-electron chi connectivity index (χ0n) is 21.9. The SMILES string of the molecule is O=C(O)CCC(NC(=O)c1cc(OCC(=O)N2CCCC2)n(-c2ccccc2)n1)C(=O)N1CCN(C(=O)O)CC1. The van der Waals surface area contributed by atoms with E-state index >= 15 is 0 Å². The first kappa shape index (κ1) is 28.4. The summed E-state index contributed by atoms with van der Waals surface area (Å²) in [5.41, 5.74) is 0.497. The maximum absolute atomic E-state index is 13.3. The standard InChI is InChI=1S/C26H32N6O8/c33-21(29-10-4-5-11-29)17-40-22-16-20(28-32(22)18-6-2-1-3-7-18)24(36)27-19(8-9-23(34)35)25(37)30-12-14-31(15-13-30)26(38)39/h1-3,6-7,16,19H,4-5,8-15,17H2,(H,27,36)(H,34,35)(H,38,39). The number of carbonyl (C=O) groups excluding carboxylic acids is 3. The summed E-state index contributed by atoms with van der Waals surface area (Å²) < 4.78 is 7.16. The van der Waals surface area contributed by atoms with Crippen molar-refractivity contribution < 1.29 is 38.9 Å². The number of likely N-dealkylation sites (tertiary alicyclic amines) is 1. The van der Waals surface area contributed by atoms with Gasteiger partial charge in [0.25, 0.3) is 11.8 Å². The highest BCUT2D eigenvalue weighted by Gasteiger charge is 2.31. The Labute approximate surface area is 230 Å². The van der Waals surface area contributed by atoms with Gasteiger partial charge in [-0.05, 0) is 31.4 Å². The van der Waals surface area contributed by atoms with Gasteiger partial charge >= 0.3 is 12.1 Å². The molecule has 2 saturated heterocycles. The summed E-state index contributed by atoms with van der Waals surface area (Å²) in [6.07, 6.45) is 0.268. The maximum atomic E-state index is 13.3. The predicted molar refractivity (Wildman–Crippen MR) is 139 cm³/mol. The highest BCUT2D eigenvalue weighted by atomic mass is 16.5. The summed E-state index contributed by atoms with van der Waals surface area (Å²) in [6.45, 7) is 1.57. The lowest BCUT2D eigenvalue weighted by Gasteiger charge is -2.35. The predicted octanol–water partition coefficient (Wildman–Crippen LogP) is 0.659. The lowest BCUT2D eigenvalue weighted by atomic mass is 10.1. The van der Waals surface area contributed by atoms with Crippen molar-refractivity contribution in [2.75, 3.05) is 45.9 Å². The smallest absolute Gasteiger partial charge is 0.407 e. The lowest BCUT2D eigenvalue weighted by molar-refractivity contribution is -0.138. The number of nitrogens with one attached hydrogen (secondary N) is 1. The van der Waals surface area contributed by atoms with Crippen molar-refractivity contribution in [3.05, 3.63) is 42.1 Å². The van der Waals surface area contributed by atoms with Crippen molar-refractivity contribution in [3.8, 4) is 11.6 Å². The molecule has 14 nitrogen and oxygen atoms in total. The van der Waals surface area contributed by atoms with Crippen LogP contribution in [0, 0.1) is 0 Å². The van der Waals surface area contributed by atoms with E-state index in [-0.39, 0.29) is 63.1 Å². The molecule has 1 aromatic heterocycles. The summed E-state index contributed by atoms with van der Waals surface area (Å²) in [7, 11) is 0. The number of hydrogen-bond donors (Lipinski definition) is 3. The van der Waals surface area contributed by atoms with Crippen LogP contribution < -0.4 is 10.1 Å². The third-order valence-corrected chi connectivity index (χ3v) is 6.82. The highest BCUT2D eigenvalue weighted by Crippen LogP contribution is 2.21. The molecule has 0 spiro atoms. The number of hydrogen-bond acceptors (Lipinski definition) is 7. The van der Waals surface area contributed by atoms with Crippen LogP contribution in [-0.4, -0.2) is 116 Å². The topological polar surface area (TPSA) is 175 Å². The van der Waals surface area contributed by atoms with E-state index in [2.05, 4.69) is 10.4 Å². The van der Waals surface area contributed by atoms with Crippen LogP contribution in [0.2, 0.25) is 0 Å². The van der Waals surface area contributed by atoms with Crippen LogP contribution in [0.3, 0.4) is 0 Å². The fourth-order valence-electron chi connectivity index (χ4n) is 4.62. The van der Waals surface area contributed by atoms with Crippen molar-refractivity contribution >= 4 is 29.8 Å². The Morgan fingerprint density at radius 1 is 0.900 bits per heavy atom. The fourth-order valence-corrected chi connectivity index (χ4v) is 4.62. The summed E-state index contributed by atoms with van der Waals surface area (Å²) in [4.78, 5) is 65.7. The van der Waals surface area contributed by atoms with Gasteiger partial charge < -0.3 is 35.0 Å². The normalized spacial score (nSPS) is 15.9. The first-order valence-electron chi connectivity index (χ1n) is 13.1. The van der Waals surface area contributed by atoms with Gasteiger partial charge in [-0.2, -0.15) is 5.10 Å². The van der Waals surface area contributed by atoms with Gasteiger partial charge in [0.1, 0.15) is 6.04 Å². The van der Waals surface area contributed by atoms with Gasteiger partial charge in [0.05, 0.1) is 5.69 Å². The van der Waals surface area contributed by atoms with Gasteiger partial charge in [0.2, 0.25) is 11.8 Å². The number of nitrogens with zero attached hydrogens (tertiary/aromatic N) is 5. The number of aromatic nitrogens is 2. The van der Waals surface area contributed by atoms with Gasteiger partial charge in [-0.15, -0.1) is 0 Å². The van der Waals surface area contributed by atoms with Gasteiger partial charge in [0.15, 0.2) is 12.3 Å². The molecule has 0 bridgehead atoms. The van der Waals surface area contributed by atoms with Crippen molar-refractivity contribution in [2.45, 2.75) is 31.7 Å². The average Bonchev–Trinajstić information content (AvgIpc) is 3.65. The maximum Gasteiger partial charge on any atom is 0.407 e. The molecule has 3 N–H and O–H groups in total. The van der Waals surface area contributed by atoms with Crippen LogP contribution >= 0.6 is 0 Å². The van der Waals surface area contributed by atoms with E-state index in [0.717, 1.165) is 12.8 Å². The molecule has 14 heteroatoms. The van der Waals surface area contributed by atoms with Crippen LogP contribution in [-0.2, 0) is 14.4 Å². The number of aliphatic carboxylic acids is 1. The lowest BCUT2D eigenvalue weighted by Crippen LogP contribution is -2.55. The van der Waals surface area contributed by atoms with Crippen LogP contribution in [0.15, 0.2) is 36.4 Å². The van der Waals surface area contributed by atoms with Crippen molar-refractivity contribution in [1.29, 1.82) is 0 Å². The number of piperazine rings is 1. The summed E-state index contributed by atoms with van der Waals surface area (Å²) in [6, 6.07) is 9.07. The Morgan fingerprint density at radius 2 is 1.55 bits per heavy atom. The molecular weight excluding hydrogens is 524 g/mol. The van der Waals surface area contributed by atoms with Crippen molar-refractivity contribution in [2.24, 2.45) is 0 Å². The zero-order valence-corrected chi connectivity index (χ0v) is 21.9. The minimum atomic E-state index is -1.16. The van der Waals surface area contributed by atoms with Crippen molar-refractivity contribution in [1.82, 2.24) is 29.8 Å². The summed E-state index contributed by atoms with van der Waals surface area (Å²) in [5, 5.41) is 25.3. The number of amides is 4. The summed E-state index contributed by atoms with van der Waals surface area (Å²) >= 11 is 0. The molecule has 1 atom stereocenters. The molecule has 4 rings (SSSR count). The number of ether oxygens (including phenoxy) is 1. The molecule has 2 aliphatic heterocycles. The van der Waals surface area contributed by atoms with Gasteiger partial charge in [-0.1, -0.05) is 18.2 Å². The number of carboxylic acids is 1. The number of carboxylic acid groups (broad SMARTS) is 2. The van der Waals surface area contributed by atoms with E-state index in [1.54, 1.807) is 29.2 Å². The Balaban J connectivity index is 1.50. The largest absolute Gasteiger partial charge is 0.481 e. The molecule has 0 aliphatic carbocycles. The average molecular weight is 557 g/mol. The van der Waals surface area contributed by atoms with Gasteiger partial charge in [0, 0.05) is 51.8 Å². The molecule has 214 valence electrons. The molecule has 2 fully saturated rings. The van der Waals surface area contributed by atoms with Gasteiger partial charge in [-0.3, -0.25) is 19.2 Å². The number of carbonyl (C=O) groups is 5. The third kappa shape index (κ3) is 7.07. The molecule has 1 unspecified atom stereocenters. The van der Waals surface area contributed by atoms with E-state index in [1.807, 2.05) is 6.07 Å². The Hall–Kier alpha value is -4.62. The highest BCUT2D eigenvalue weighted by molar-refractivity contribution is 5.96. The number of benzene rings is 1. The molecule has 2 aromatic rings. The second kappa shape index (κ2) is 13.0. The first-order valence-corrected chi connectivity index (χ1v) is 13.1. The molecule has 0 saturated carbocycles. The molecular formula is C26H32N6O8. The van der Waals surface area contributed by atoms with E-state index in [1.165, 1.54) is 20.5 Å². The fraction of sp³-hybridized carbons (Fsp3) is 0.462. The summed E-state index contributed by atoms with van der Waals surface area (Å²) in [5.74, 6) is -2.38. The second-order valence-corrected chi connectivity index (χ2v) is 9.55. The number of rotatable bonds is 10. The van der Waals surface area contributed by atoms with E-state index in [0.29, 0.717) is 18.8 Å². The molecule has 40 heavy (non-hydrogen) atoms. The van der Waals surface area contributed by atoms with Crippen LogP contribution in [0.4, 0.5) is 4.79 Å². The third-order valence-electron chi connectivity index (χ3n) is 6.82. The monoisotopic (exact) mass is 556 g/mol.